The highest BCUT2D eigenvalue weighted by Crippen LogP contribution is 2.40. The van der Waals surface area contributed by atoms with Crippen LogP contribution >= 0.6 is 11.8 Å². The molecule has 0 radical (unpaired) electrons. The largest absolute Gasteiger partial charge is 0.358 e. The smallest absolute Gasteiger partial charge is 0.309 e. The van der Waals surface area contributed by atoms with Gasteiger partial charge < -0.3 is 5.32 Å². The molecule has 4 rings (SSSR count). The number of aromatic nitrogens is 4. The lowest BCUT2D eigenvalue weighted by molar-refractivity contribution is 0.487. The van der Waals surface area contributed by atoms with Crippen LogP contribution in [0.1, 0.15) is 30.7 Å². The Morgan fingerprint density at radius 2 is 2.08 bits per heavy atom. The molecule has 1 aliphatic rings. The van der Waals surface area contributed by atoms with Gasteiger partial charge in [0.25, 0.3) is 0 Å². The van der Waals surface area contributed by atoms with Crippen molar-refractivity contribution in [2.45, 2.75) is 30.2 Å². The number of hydrogen-bond donors (Lipinski definition) is 1. The van der Waals surface area contributed by atoms with Gasteiger partial charge in [0.2, 0.25) is 0 Å². The molecule has 0 spiro atoms. The van der Waals surface area contributed by atoms with Crippen molar-refractivity contribution in [1.29, 1.82) is 5.26 Å². The number of thioether (sulfide) groups is 1. The minimum absolute atomic E-state index is 0.467. The zero-order valence-corrected chi connectivity index (χ0v) is 15.0. The Balaban J connectivity index is 1.77. The van der Waals surface area contributed by atoms with Crippen LogP contribution in [0.2, 0.25) is 0 Å². The lowest BCUT2D eigenvalue weighted by Crippen LogP contribution is -2.36. The standard InChI is InChI=1S/C18H15FN6S/c1-18(2)14-13(9-21-17(19)22-14)25-15(23-18)12(8-20)16(24-25)26-10-11-6-4-3-5-7-11/h3-7,9,23H,10H2,1-2H3. The van der Waals surface area contributed by atoms with Gasteiger partial charge in [-0.1, -0.05) is 42.1 Å². The zero-order chi connectivity index (χ0) is 18.3. The molecule has 0 aliphatic carbocycles. The van der Waals surface area contributed by atoms with Crippen molar-refractivity contribution in [1.82, 2.24) is 19.7 Å². The number of fused-ring (bicyclic) bond motifs is 3. The Morgan fingerprint density at radius 1 is 1.31 bits per heavy atom. The molecule has 0 saturated heterocycles. The van der Waals surface area contributed by atoms with Crippen molar-refractivity contribution in [2.75, 3.05) is 5.32 Å². The van der Waals surface area contributed by atoms with E-state index >= 15 is 0 Å². The Bertz CT molecular complexity index is 1020. The van der Waals surface area contributed by atoms with Crippen molar-refractivity contribution in [3.8, 4) is 11.8 Å². The maximum absolute atomic E-state index is 13.5. The summed E-state index contributed by atoms with van der Waals surface area (Å²) in [5.41, 5.74) is 2.04. The van der Waals surface area contributed by atoms with Gasteiger partial charge in [-0.2, -0.15) is 14.8 Å². The third-order valence-corrected chi connectivity index (χ3v) is 5.21. The number of rotatable bonds is 3. The molecular formula is C18H15FN6S. The topological polar surface area (TPSA) is 79.4 Å². The maximum Gasteiger partial charge on any atom is 0.309 e. The number of nitrogens with one attached hydrogen (secondary N) is 1. The maximum atomic E-state index is 13.5. The molecule has 8 heteroatoms. The summed E-state index contributed by atoms with van der Waals surface area (Å²) in [5, 5.41) is 18.1. The van der Waals surface area contributed by atoms with E-state index in [1.54, 1.807) is 4.68 Å². The molecule has 1 aliphatic heterocycles. The lowest BCUT2D eigenvalue weighted by Gasteiger charge is -2.33. The van der Waals surface area contributed by atoms with Gasteiger partial charge in [0.15, 0.2) is 0 Å². The Labute approximate surface area is 154 Å². The van der Waals surface area contributed by atoms with Crippen molar-refractivity contribution < 1.29 is 4.39 Å². The summed E-state index contributed by atoms with van der Waals surface area (Å²) < 4.78 is 15.1. The first-order valence-corrected chi connectivity index (χ1v) is 8.99. The van der Waals surface area contributed by atoms with Gasteiger partial charge in [-0.3, -0.25) is 0 Å². The molecule has 0 saturated carbocycles. The molecule has 0 amide bonds. The van der Waals surface area contributed by atoms with Crippen LogP contribution in [0.5, 0.6) is 0 Å². The highest BCUT2D eigenvalue weighted by Gasteiger charge is 2.36. The quantitative estimate of drug-likeness (QED) is 0.563. The normalized spacial score (nSPS) is 14.1. The molecule has 0 bridgehead atoms. The van der Waals surface area contributed by atoms with Gasteiger partial charge in [0.05, 0.1) is 17.4 Å². The molecule has 1 aromatic carbocycles. The van der Waals surface area contributed by atoms with E-state index < -0.39 is 11.6 Å². The van der Waals surface area contributed by atoms with E-state index in [0.717, 1.165) is 5.56 Å². The third kappa shape index (κ3) is 2.70. The van der Waals surface area contributed by atoms with E-state index in [1.807, 2.05) is 44.2 Å². The van der Waals surface area contributed by atoms with Crippen molar-refractivity contribution in [3.05, 3.63) is 59.4 Å². The summed E-state index contributed by atoms with van der Waals surface area (Å²) in [7, 11) is 0. The van der Waals surface area contributed by atoms with Crippen molar-refractivity contribution >= 4 is 17.6 Å². The fourth-order valence-corrected chi connectivity index (χ4v) is 3.86. The number of nitriles is 1. The highest BCUT2D eigenvalue weighted by atomic mass is 32.2. The van der Waals surface area contributed by atoms with E-state index in [-0.39, 0.29) is 0 Å². The fraction of sp³-hybridized carbons (Fsp3) is 0.222. The molecular weight excluding hydrogens is 351 g/mol. The Hall–Kier alpha value is -2.92. The molecule has 3 heterocycles. The minimum Gasteiger partial charge on any atom is -0.358 e. The van der Waals surface area contributed by atoms with E-state index in [0.29, 0.717) is 33.5 Å². The molecule has 2 aromatic heterocycles. The number of halogens is 1. The SMILES string of the molecule is CC1(C)Nc2c(C#N)c(SCc3ccccc3)nn2-c2cnc(F)nc21. The molecule has 6 nitrogen and oxygen atoms in total. The predicted octanol–water partition coefficient (Wildman–Crippen LogP) is 3.63. The molecule has 3 aromatic rings. The van der Waals surface area contributed by atoms with E-state index in [4.69, 9.17) is 0 Å². The second kappa shape index (κ2) is 6.11. The van der Waals surface area contributed by atoms with Crippen LogP contribution in [-0.2, 0) is 11.3 Å². The molecule has 0 atom stereocenters. The van der Waals surface area contributed by atoms with Crippen LogP contribution in [0.15, 0.2) is 41.6 Å². The first-order chi connectivity index (χ1) is 12.5. The Kier molecular flexibility index (Phi) is 3.89. The molecule has 0 unspecified atom stereocenters. The molecule has 130 valence electrons. The van der Waals surface area contributed by atoms with Crippen LogP contribution in [0.4, 0.5) is 10.2 Å². The summed E-state index contributed by atoms with van der Waals surface area (Å²) in [5.74, 6) is 1.28. The fourth-order valence-electron chi connectivity index (χ4n) is 2.94. The summed E-state index contributed by atoms with van der Waals surface area (Å²) >= 11 is 1.49. The van der Waals surface area contributed by atoms with Gasteiger partial charge in [-0.05, 0) is 19.4 Å². The number of hydrogen-bond acceptors (Lipinski definition) is 6. The average Bonchev–Trinajstić information content (AvgIpc) is 2.97. The number of benzene rings is 1. The van der Waals surface area contributed by atoms with Gasteiger partial charge >= 0.3 is 6.08 Å². The van der Waals surface area contributed by atoms with Gasteiger partial charge in [-0.15, -0.1) is 0 Å². The first kappa shape index (κ1) is 16.5. The number of anilines is 1. The summed E-state index contributed by atoms with van der Waals surface area (Å²) in [4.78, 5) is 7.59. The lowest BCUT2D eigenvalue weighted by atomic mass is 9.97. The monoisotopic (exact) mass is 366 g/mol. The van der Waals surface area contributed by atoms with Crippen LogP contribution in [0.3, 0.4) is 0 Å². The van der Waals surface area contributed by atoms with Gasteiger partial charge in [0, 0.05) is 5.75 Å². The summed E-state index contributed by atoms with van der Waals surface area (Å²) in [6.45, 7) is 3.76. The molecule has 26 heavy (non-hydrogen) atoms. The third-order valence-electron chi connectivity index (χ3n) is 4.17. The Morgan fingerprint density at radius 3 is 2.81 bits per heavy atom. The second-order valence-electron chi connectivity index (χ2n) is 6.45. The van der Waals surface area contributed by atoms with Crippen LogP contribution in [0.25, 0.3) is 5.69 Å². The van der Waals surface area contributed by atoms with E-state index in [1.165, 1.54) is 18.0 Å². The van der Waals surface area contributed by atoms with Gasteiger partial charge in [0.1, 0.15) is 28.2 Å². The van der Waals surface area contributed by atoms with Gasteiger partial charge in [-0.25, -0.2) is 14.6 Å². The zero-order valence-electron chi connectivity index (χ0n) is 14.2. The molecule has 0 fully saturated rings. The van der Waals surface area contributed by atoms with Crippen LogP contribution < -0.4 is 5.32 Å². The highest BCUT2D eigenvalue weighted by molar-refractivity contribution is 7.98. The van der Waals surface area contributed by atoms with Crippen molar-refractivity contribution in [3.63, 3.8) is 0 Å². The predicted molar refractivity (Wildman–Crippen MR) is 96.5 cm³/mol. The number of nitrogens with zero attached hydrogens (tertiary/aromatic N) is 5. The van der Waals surface area contributed by atoms with Crippen molar-refractivity contribution in [2.24, 2.45) is 0 Å². The van der Waals surface area contributed by atoms with E-state index in [2.05, 4.69) is 26.5 Å². The van der Waals surface area contributed by atoms with Crippen LogP contribution in [-0.4, -0.2) is 19.7 Å². The first-order valence-electron chi connectivity index (χ1n) is 8.01. The average molecular weight is 366 g/mol. The summed E-state index contributed by atoms with van der Waals surface area (Å²) in [6.07, 6.45) is 0.622. The summed E-state index contributed by atoms with van der Waals surface area (Å²) in [6, 6.07) is 12.2. The second-order valence-corrected chi connectivity index (χ2v) is 7.41. The minimum atomic E-state index is -0.784. The molecule has 1 N–H and O–H groups in total. The van der Waals surface area contributed by atoms with Crippen LogP contribution in [0, 0.1) is 17.4 Å². The van der Waals surface area contributed by atoms with E-state index in [9.17, 15) is 9.65 Å².